The van der Waals surface area contributed by atoms with Gasteiger partial charge in [0.25, 0.3) is 0 Å². The summed E-state index contributed by atoms with van der Waals surface area (Å²) >= 11 is 0. The third kappa shape index (κ3) is 4.88. The predicted octanol–water partition coefficient (Wildman–Crippen LogP) is 2.28. The van der Waals surface area contributed by atoms with Gasteiger partial charge in [-0.2, -0.15) is 5.10 Å². The Morgan fingerprint density at radius 2 is 2.29 bits per heavy atom. The first-order valence-corrected chi connectivity index (χ1v) is 6.58. The molecule has 1 aromatic rings. The van der Waals surface area contributed by atoms with Gasteiger partial charge in [0.15, 0.2) is 0 Å². The molecule has 0 saturated carbocycles. The lowest BCUT2D eigenvalue weighted by Crippen LogP contribution is -2.24. The average molecular weight is 239 g/mol. The first kappa shape index (κ1) is 14.2. The van der Waals surface area contributed by atoms with E-state index in [9.17, 15) is 0 Å². The van der Waals surface area contributed by atoms with E-state index in [1.165, 1.54) is 5.69 Å². The summed E-state index contributed by atoms with van der Waals surface area (Å²) in [5.41, 5.74) is 1.26. The van der Waals surface area contributed by atoms with E-state index >= 15 is 0 Å². The van der Waals surface area contributed by atoms with Gasteiger partial charge in [0.05, 0.1) is 5.69 Å². The highest BCUT2D eigenvalue weighted by molar-refractivity contribution is 5.06. The molecule has 1 rings (SSSR count). The number of rotatable bonds is 9. The van der Waals surface area contributed by atoms with Gasteiger partial charge in [-0.15, -0.1) is 0 Å². The maximum atomic E-state index is 5.39. The molecule has 98 valence electrons. The van der Waals surface area contributed by atoms with Gasteiger partial charge in [-0.3, -0.25) is 4.68 Å². The summed E-state index contributed by atoms with van der Waals surface area (Å²) in [6.07, 6.45) is 5.19. The van der Waals surface area contributed by atoms with Crippen molar-refractivity contribution in [3.05, 3.63) is 18.0 Å². The number of aromatic nitrogens is 2. The fourth-order valence-electron chi connectivity index (χ4n) is 1.93. The molecule has 0 saturated heterocycles. The molecular weight excluding hydrogens is 214 g/mol. The molecule has 0 radical (unpaired) electrons. The zero-order valence-corrected chi connectivity index (χ0v) is 11.3. The zero-order valence-electron chi connectivity index (χ0n) is 11.3. The van der Waals surface area contributed by atoms with Gasteiger partial charge in [-0.05, 0) is 38.8 Å². The predicted molar refractivity (Wildman–Crippen MR) is 70.0 cm³/mol. The minimum atomic E-state index is 0.392. The van der Waals surface area contributed by atoms with Gasteiger partial charge in [0, 0.05) is 32.5 Å². The number of hydrogen-bond acceptors (Lipinski definition) is 3. The van der Waals surface area contributed by atoms with Crippen molar-refractivity contribution >= 4 is 0 Å². The molecule has 0 spiro atoms. The minimum Gasteiger partial charge on any atom is -0.382 e. The van der Waals surface area contributed by atoms with Crippen LogP contribution in [0.4, 0.5) is 0 Å². The average Bonchev–Trinajstić information content (AvgIpc) is 2.75. The number of nitrogens with one attached hydrogen (secondary N) is 1. The SMILES string of the molecule is CCCNC(CCCOCC)c1ccnn1C. The molecule has 4 heteroatoms. The summed E-state index contributed by atoms with van der Waals surface area (Å²) in [5.74, 6) is 0. The van der Waals surface area contributed by atoms with Crippen molar-refractivity contribution in [1.82, 2.24) is 15.1 Å². The van der Waals surface area contributed by atoms with Gasteiger partial charge in [-0.1, -0.05) is 6.92 Å². The van der Waals surface area contributed by atoms with Crippen molar-refractivity contribution in [3.63, 3.8) is 0 Å². The first-order chi connectivity index (χ1) is 8.29. The monoisotopic (exact) mass is 239 g/mol. The molecule has 0 amide bonds. The standard InChI is InChI=1S/C13H25N3O/c1-4-9-14-12(7-6-11-17-5-2)13-8-10-15-16(13)3/h8,10,12,14H,4-7,9,11H2,1-3H3. The highest BCUT2D eigenvalue weighted by Gasteiger charge is 2.13. The fraction of sp³-hybridized carbons (Fsp3) is 0.769. The Kier molecular flexibility index (Phi) is 6.89. The molecule has 1 atom stereocenters. The molecule has 1 unspecified atom stereocenters. The summed E-state index contributed by atoms with van der Waals surface area (Å²) in [6.45, 7) is 6.92. The van der Waals surface area contributed by atoms with Gasteiger partial charge >= 0.3 is 0 Å². The minimum absolute atomic E-state index is 0.392. The quantitative estimate of drug-likeness (QED) is 0.672. The lowest BCUT2D eigenvalue weighted by molar-refractivity contribution is 0.140. The molecule has 0 aliphatic heterocycles. The normalized spacial score (nSPS) is 12.9. The summed E-state index contributed by atoms with van der Waals surface area (Å²) in [4.78, 5) is 0. The maximum absolute atomic E-state index is 5.39. The van der Waals surface area contributed by atoms with E-state index < -0.39 is 0 Å². The Hall–Kier alpha value is -0.870. The molecule has 17 heavy (non-hydrogen) atoms. The molecule has 1 N–H and O–H groups in total. The second-order valence-corrected chi connectivity index (χ2v) is 4.23. The molecule has 4 nitrogen and oxygen atoms in total. The lowest BCUT2D eigenvalue weighted by atomic mass is 10.1. The maximum Gasteiger partial charge on any atom is 0.0550 e. The Labute approximate surface area is 104 Å². The van der Waals surface area contributed by atoms with Crippen LogP contribution in [0.3, 0.4) is 0 Å². The topological polar surface area (TPSA) is 39.1 Å². The van der Waals surface area contributed by atoms with Crippen LogP contribution in [0.15, 0.2) is 12.3 Å². The van der Waals surface area contributed by atoms with Crippen LogP contribution in [0.25, 0.3) is 0 Å². The van der Waals surface area contributed by atoms with Crippen LogP contribution in [-0.4, -0.2) is 29.5 Å². The Morgan fingerprint density at radius 3 is 2.88 bits per heavy atom. The molecule has 0 aromatic carbocycles. The Bertz CT molecular complexity index is 299. The van der Waals surface area contributed by atoms with Crippen molar-refractivity contribution in [2.75, 3.05) is 19.8 Å². The summed E-state index contributed by atoms with van der Waals surface area (Å²) in [5, 5.41) is 7.81. The molecule has 0 aliphatic carbocycles. The molecular formula is C13H25N3O. The van der Waals surface area contributed by atoms with E-state index in [0.29, 0.717) is 6.04 Å². The second-order valence-electron chi connectivity index (χ2n) is 4.23. The first-order valence-electron chi connectivity index (χ1n) is 6.58. The summed E-state index contributed by atoms with van der Waals surface area (Å²) < 4.78 is 7.34. The van der Waals surface area contributed by atoms with Crippen LogP contribution in [0.5, 0.6) is 0 Å². The molecule has 1 aromatic heterocycles. The second kappa shape index (κ2) is 8.25. The number of aryl methyl sites for hydroxylation is 1. The van der Waals surface area contributed by atoms with Gasteiger partial charge < -0.3 is 10.1 Å². The Morgan fingerprint density at radius 1 is 1.47 bits per heavy atom. The van der Waals surface area contributed by atoms with Crippen molar-refractivity contribution < 1.29 is 4.74 Å². The van der Waals surface area contributed by atoms with E-state index in [2.05, 4.69) is 23.4 Å². The highest BCUT2D eigenvalue weighted by atomic mass is 16.5. The van der Waals surface area contributed by atoms with E-state index in [4.69, 9.17) is 4.74 Å². The fourth-order valence-corrected chi connectivity index (χ4v) is 1.93. The highest BCUT2D eigenvalue weighted by Crippen LogP contribution is 2.17. The Balaban J connectivity index is 2.46. The van der Waals surface area contributed by atoms with Gasteiger partial charge in [0.2, 0.25) is 0 Å². The van der Waals surface area contributed by atoms with Crippen LogP contribution in [0.1, 0.15) is 44.8 Å². The summed E-state index contributed by atoms with van der Waals surface area (Å²) in [6, 6.07) is 2.48. The van der Waals surface area contributed by atoms with Gasteiger partial charge in [-0.25, -0.2) is 0 Å². The smallest absolute Gasteiger partial charge is 0.0550 e. The van der Waals surface area contributed by atoms with Crippen molar-refractivity contribution in [3.8, 4) is 0 Å². The third-order valence-corrected chi connectivity index (χ3v) is 2.84. The van der Waals surface area contributed by atoms with Crippen LogP contribution in [0.2, 0.25) is 0 Å². The number of hydrogen-bond donors (Lipinski definition) is 1. The third-order valence-electron chi connectivity index (χ3n) is 2.84. The molecule has 0 fully saturated rings. The number of nitrogens with zero attached hydrogens (tertiary/aromatic N) is 2. The van der Waals surface area contributed by atoms with Crippen molar-refractivity contribution in [2.24, 2.45) is 7.05 Å². The van der Waals surface area contributed by atoms with Crippen LogP contribution < -0.4 is 5.32 Å². The van der Waals surface area contributed by atoms with Gasteiger partial charge in [0.1, 0.15) is 0 Å². The van der Waals surface area contributed by atoms with E-state index in [1.54, 1.807) is 0 Å². The van der Waals surface area contributed by atoms with Crippen molar-refractivity contribution in [1.29, 1.82) is 0 Å². The molecule has 0 aliphatic rings. The lowest BCUT2D eigenvalue weighted by Gasteiger charge is -2.18. The van der Waals surface area contributed by atoms with E-state index in [0.717, 1.165) is 39.0 Å². The zero-order chi connectivity index (χ0) is 12.5. The van der Waals surface area contributed by atoms with Crippen LogP contribution >= 0.6 is 0 Å². The number of ether oxygens (including phenoxy) is 1. The van der Waals surface area contributed by atoms with E-state index in [1.807, 2.05) is 24.9 Å². The molecule has 0 bridgehead atoms. The van der Waals surface area contributed by atoms with Crippen molar-refractivity contribution in [2.45, 2.75) is 39.2 Å². The summed E-state index contributed by atoms with van der Waals surface area (Å²) in [7, 11) is 2.00. The van der Waals surface area contributed by atoms with E-state index in [-0.39, 0.29) is 0 Å². The van der Waals surface area contributed by atoms with Crippen LogP contribution in [-0.2, 0) is 11.8 Å². The van der Waals surface area contributed by atoms with Crippen LogP contribution in [0, 0.1) is 0 Å². The largest absolute Gasteiger partial charge is 0.382 e. The molecule has 1 heterocycles.